The molecule has 2 unspecified atom stereocenters. The SMILES string of the molecule is CCCCCc1cc2c(c(Cc3ccccc3)c1)OCOc1c(cc(C(C)(C)C)cc1Cc1ccccc1)C=NC1CCCCC1N=C2. The molecule has 1 aliphatic heterocycles. The van der Waals surface area contributed by atoms with Crippen LogP contribution in [0.4, 0.5) is 0 Å². The summed E-state index contributed by atoms with van der Waals surface area (Å²) in [5.41, 5.74) is 9.50. The van der Waals surface area contributed by atoms with Gasteiger partial charge < -0.3 is 9.47 Å². The summed E-state index contributed by atoms with van der Waals surface area (Å²) in [6.45, 7) is 9.18. The van der Waals surface area contributed by atoms with Crippen molar-refractivity contribution in [3.05, 3.63) is 129 Å². The lowest BCUT2D eigenvalue weighted by Gasteiger charge is -2.26. The molecule has 0 spiro atoms. The molecule has 48 heavy (non-hydrogen) atoms. The molecule has 250 valence electrons. The fourth-order valence-electron chi connectivity index (χ4n) is 7.03. The van der Waals surface area contributed by atoms with Gasteiger partial charge in [0.05, 0.1) is 12.1 Å². The Morgan fingerprint density at radius 3 is 1.73 bits per heavy atom. The number of ether oxygens (including phenoxy) is 2. The van der Waals surface area contributed by atoms with Crippen molar-refractivity contribution in [3.8, 4) is 11.5 Å². The van der Waals surface area contributed by atoms with E-state index in [9.17, 15) is 0 Å². The molecule has 0 radical (unpaired) electrons. The first kappa shape index (κ1) is 33.7. The van der Waals surface area contributed by atoms with Gasteiger partial charge in [-0.05, 0) is 76.6 Å². The zero-order valence-electron chi connectivity index (χ0n) is 29.4. The van der Waals surface area contributed by atoms with E-state index in [0.717, 1.165) is 60.3 Å². The Balaban J connectivity index is 1.46. The van der Waals surface area contributed by atoms with Crippen LogP contribution in [0.1, 0.15) is 117 Å². The summed E-state index contributed by atoms with van der Waals surface area (Å²) >= 11 is 0. The van der Waals surface area contributed by atoms with Crippen LogP contribution in [-0.2, 0) is 24.7 Å². The second-order valence-corrected chi connectivity index (χ2v) is 14.6. The van der Waals surface area contributed by atoms with Crippen LogP contribution >= 0.6 is 0 Å². The van der Waals surface area contributed by atoms with E-state index in [2.05, 4.69) is 125 Å². The molecule has 2 aliphatic rings. The first-order valence-corrected chi connectivity index (χ1v) is 18.1. The van der Waals surface area contributed by atoms with Crippen LogP contribution in [-0.4, -0.2) is 31.3 Å². The Kier molecular flexibility index (Phi) is 11.1. The molecule has 4 aromatic rings. The Labute approximate surface area is 288 Å². The molecule has 6 rings (SSSR count). The number of hydrogen-bond donors (Lipinski definition) is 0. The van der Waals surface area contributed by atoms with Crippen molar-refractivity contribution in [3.63, 3.8) is 0 Å². The molecule has 4 heteroatoms. The summed E-state index contributed by atoms with van der Waals surface area (Å²) in [4.78, 5) is 10.5. The highest BCUT2D eigenvalue weighted by atomic mass is 16.7. The predicted octanol–water partition coefficient (Wildman–Crippen LogP) is 10.5. The quantitative estimate of drug-likeness (QED) is 0.180. The topological polar surface area (TPSA) is 43.2 Å². The Morgan fingerprint density at radius 1 is 0.646 bits per heavy atom. The predicted molar refractivity (Wildman–Crippen MR) is 201 cm³/mol. The van der Waals surface area contributed by atoms with Crippen molar-refractivity contribution in [1.29, 1.82) is 0 Å². The van der Waals surface area contributed by atoms with Gasteiger partial charge in [0.2, 0.25) is 6.79 Å². The fraction of sp³-hybridized carbons (Fsp3) is 0.409. The summed E-state index contributed by atoms with van der Waals surface area (Å²) < 4.78 is 13.4. The highest BCUT2D eigenvalue weighted by Crippen LogP contribution is 2.35. The molecule has 0 bridgehead atoms. The molecule has 1 saturated carbocycles. The van der Waals surface area contributed by atoms with Crippen molar-refractivity contribution < 1.29 is 9.47 Å². The maximum absolute atomic E-state index is 6.72. The van der Waals surface area contributed by atoms with Crippen molar-refractivity contribution in [1.82, 2.24) is 0 Å². The molecule has 1 aliphatic carbocycles. The number of benzene rings is 4. The first-order valence-electron chi connectivity index (χ1n) is 18.1. The van der Waals surface area contributed by atoms with Crippen LogP contribution < -0.4 is 9.47 Å². The Bertz CT molecular complexity index is 1700. The average Bonchev–Trinajstić information content (AvgIpc) is 3.10. The minimum absolute atomic E-state index is 0.0240. The van der Waals surface area contributed by atoms with Crippen molar-refractivity contribution >= 4 is 12.4 Å². The minimum Gasteiger partial charge on any atom is -0.457 e. The third kappa shape index (κ3) is 8.64. The molecular formula is C44H52N2O2. The number of nitrogens with zero attached hydrogens (tertiary/aromatic N) is 2. The molecule has 4 nitrogen and oxygen atoms in total. The largest absolute Gasteiger partial charge is 0.457 e. The van der Waals surface area contributed by atoms with Gasteiger partial charge in [-0.25, -0.2) is 0 Å². The number of rotatable bonds is 8. The third-order valence-corrected chi connectivity index (χ3v) is 9.77. The summed E-state index contributed by atoms with van der Waals surface area (Å²) in [5, 5.41) is 0. The molecule has 0 aromatic heterocycles. The monoisotopic (exact) mass is 640 g/mol. The van der Waals surface area contributed by atoms with E-state index < -0.39 is 0 Å². The van der Waals surface area contributed by atoms with Gasteiger partial charge in [-0.3, -0.25) is 9.98 Å². The summed E-state index contributed by atoms with van der Waals surface area (Å²) in [6, 6.07) is 30.9. The summed E-state index contributed by atoms with van der Waals surface area (Å²) in [7, 11) is 0. The smallest absolute Gasteiger partial charge is 0.230 e. The van der Waals surface area contributed by atoms with Crippen molar-refractivity contribution in [2.24, 2.45) is 9.98 Å². The van der Waals surface area contributed by atoms with E-state index in [1.165, 1.54) is 59.9 Å². The lowest BCUT2D eigenvalue weighted by atomic mass is 9.84. The maximum Gasteiger partial charge on any atom is 0.230 e. The highest BCUT2D eigenvalue weighted by molar-refractivity contribution is 5.86. The van der Waals surface area contributed by atoms with E-state index in [1.807, 2.05) is 0 Å². The van der Waals surface area contributed by atoms with Crippen LogP contribution in [0.3, 0.4) is 0 Å². The van der Waals surface area contributed by atoms with Gasteiger partial charge >= 0.3 is 0 Å². The molecule has 0 N–H and O–H groups in total. The maximum atomic E-state index is 6.72. The van der Waals surface area contributed by atoms with E-state index in [4.69, 9.17) is 19.5 Å². The number of unbranched alkanes of at least 4 members (excludes halogenated alkanes) is 2. The third-order valence-electron chi connectivity index (χ3n) is 9.77. The second-order valence-electron chi connectivity index (χ2n) is 14.6. The molecule has 0 amide bonds. The Morgan fingerprint density at radius 2 is 1.19 bits per heavy atom. The second kappa shape index (κ2) is 15.8. The summed E-state index contributed by atoms with van der Waals surface area (Å²) in [6.07, 6.45) is 14.8. The van der Waals surface area contributed by atoms with Crippen LogP contribution in [0.25, 0.3) is 0 Å². The standard InChI is InChI=1S/C44H52N2O2/c1-5-6-9-20-34-25-35(23-32-16-10-7-11-17-32)42-37(26-34)29-45-40-21-14-15-22-41(40)46-30-38-28-39(44(2,3)4)27-36(43(38)48-31-47-42)24-33-18-12-8-13-19-33/h7-8,10-13,16-19,25-30,40-41H,5-6,9,14-15,20-24,31H2,1-4H3. The van der Waals surface area contributed by atoms with Gasteiger partial charge in [-0.1, -0.05) is 126 Å². The van der Waals surface area contributed by atoms with Crippen LogP contribution in [0, 0.1) is 0 Å². The molecule has 0 saturated heterocycles. The van der Waals surface area contributed by atoms with Gasteiger partial charge in [0.15, 0.2) is 0 Å². The van der Waals surface area contributed by atoms with Gasteiger partial charge in [-0.2, -0.15) is 0 Å². The number of hydrogen-bond acceptors (Lipinski definition) is 4. The van der Waals surface area contributed by atoms with Crippen molar-refractivity contribution in [2.45, 2.75) is 109 Å². The van der Waals surface area contributed by atoms with Gasteiger partial charge in [-0.15, -0.1) is 0 Å². The summed E-state index contributed by atoms with van der Waals surface area (Å²) in [5.74, 6) is 1.72. The zero-order chi connectivity index (χ0) is 33.3. The van der Waals surface area contributed by atoms with Crippen LogP contribution in [0.5, 0.6) is 11.5 Å². The molecule has 1 heterocycles. The lowest BCUT2D eigenvalue weighted by Crippen LogP contribution is -2.27. The van der Waals surface area contributed by atoms with Crippen molar-refractivity contribution in [2.75, 3.05) is 6.79 Å². The lowest BCUT2D eigenvalue weighted by molar-refractivity contribution is 0.117. The normalized spacial score (nSPS) is 17.8. The fourth-order valence-corrected chi connectivity index (χ4v) is 7.03. The molecular weight excluding hydrogens is 588 g/mol. The van der Waals surface area contributed by atoms with Crippen LogP contribution in [0.15, 0.2) is 94.9 Å². The van der Waals surface area contributed by atoms with E-state index >= 15 is 0 Å². The zero-order valence-corrected chi connectivity index (χ0v) is 29.4. The highest BCUT2D eigenvalue weighted by Gasteiger charge is 2.25. The number of aliphatic imine (C=N–C) groups is 2. The van der Waals surface area contributed by atoms with Gasteiger partial charge in [0, 0.05) is 36.4 Å². The number of fused-ring (bicyclic) bond motifs is 3. The molecule has 2 atom stereocenters. The van der Waals surface area contributed by atoms with E-state index in [-0.39, 0.29) is 24.3 Å². The number of aryl methyl sites for hydroxylation is 1. The van der Waals surface area contributed by atoms with Gasteiger partial charge in [0.1, 0.15) is 11.5 Å². The Hall–Kier alpha value is -4.18. The van der Waals surface area contributed by atoms with Crippen LogP contribution in [0.2, 0.25) is 0 Å². The molecule has 1 fully saturated rings. The first-order chi connectivity index (χ1) is 23.4. The van der Waals surface area contributed by atoms with Gasteiger partial charge in [0.25, 0.3) is 0 Å². The van der Waals surface area contributed by atoms with E-state index in [1.54, 1.807) is 0 Å². The average molecular weight is 641 g/mol. The minimum atomic E-state index is -0.0240. The molecule has 4 aromatic carbocycles. The van der Waals surface area contributed by atoms with E-state index in [0.29, 0.717) is 0 Å².